The monoisotopic (exact) mass is 346 g/mol. The zero-order chi connectivity index (χ0) is 17.4. The topological polar surface area (TPSA) is 63.6 Å². The van der Waals surface area contributed by atoms with Gasteiger partial charge in [-0.3, -0.25) is 0 Å². The lowest BCUT2D eigenvalue weighted by Gasteiger charge is -2.03. The Morgan fingerprint density at radius 2 is 1.54 bits per heavy atom. The molecule has 2 aliphatic rings. The maximum Gasteiger partial charge on any atom is 0.340 e. The molecule has 2 saturated carbocycles. The first kappa shape index (κ1) is 18.2. The molecule has 4 nitrogen and oxygen atoms in total. The number of aromatic carboxylic acids is 1. The van der Waals surface area contributed by atoms with E-state index in [1.165, 1.54) is 62.4 Å². The predicted molar refractivity (Wildman–Crippen MR) is 95.8 cm³/mol. The van der Waals surface area contributed by atoms with Gasteiger partial charge in [-0.05, 0) is 5.56 Å². The maximum atomic E-state index is 11.7. The molecule has 2 fully saturated rings. The number of hydrogen-bond acceptors (Lipinski definition) is 4. The third-order valence-corrected chi connectivity index (χ3v) is 4.18. The van der Waals surface area contributed by atoms with E-state index in [0.717, 1.165) is 5.56 Å². The summed E-state index contributed by atoms with van der Waals surface area (Å²) in [6.45, 7) is 0. The number of methoxy groups -OCH3 is 1. The molecule has 0 unspecified atom stereocenters. The largest absolute Gasteiger partial charge is 0.478 e. The number of ether oxygens (including phenoxy) is 1. The molecule has 0 saturated heterocycles. The first-order chi connectivity index (χ1) is 11.6. The van der Waals surface area contributed by atoms with Gasteiger partial charge in [-0.25, -0.2) is 9.59 Å². The lowest BCUT2D eigenvalue weighted by Crippen LogP contribution is -2.08. The number of hydrogen-bond donors (Lipinski definition) is 1. The van der Waals surface area contributed by atoms with Crippen LogP contribution in [0.2, 0.25) is 0 Å². The molecule has 0 amide bonds. The van der Waals surface area contributed by atoms with E-state index in [4.69, 9.17) is 5.11 Å². The zero-order valence-electron chi connectivity index (χ0n) is 13.8. The van der Waals surface area contributed by atoms with Crippen LogP contribution >= 0.6 is 11.3 Å². The van der Waals surface area contributed by atoms with Gasteiger partial charge in [0.15, 0.2) is 0 Å². The van der Waals surface area contributed by atoms with Crippen LogP contribution in [-0.4, -0.2) is 24.2 Å². The standard InChI is InChI=1S/C13H10O4S.2C3H6/c1-17-13(16)10-9(12(14)15)7-18-11(10)8-5-3-2-4-6-8;2*1-2-3-1/h2-7H,1H3,(H,14,15);2*1-3H2. The van der Waals surface area contributed by atoms with E-state index in [-0.39, 0.29) is 11.1 Å². The summed E-state index contributed by atoms with van der Waals surface area (Å²) < 4.78 is 4.65. The lowest BCUT2D eigenvalue weighted by atomic mass is 10.1. The van der Waals surface area contributed by atoms with Crippen molar-refractivity contribution in [3.05, 3.63) is 46.8 Å². The molecule has 5 heteroatoms. The summed E-state index contributed by atoms with van der Waals surface area (Å²) in [6, 6.07) is 9.16. The average Bonchev–Trinajstić information content (AvgIpc) is 3.48. The van der Waals surface area contributed by atoms with Gasteiger partial charge in [0, 0.05) is 10.3 Å². The second-order valence-corrected chi connectivity index (χ2v) is 6.52. The second-order valence-electron chi connectivity index (χ2n) is 5.64. The van der Waals surface area contributed by atoms with Gasteiger partial charge in [0.2, 0.25) is 0 Å². The Hall–Kier alpha value is -2.14. The van der Waals surface area contributed by atoms with E-state index in [1.807, 2.05) is 30.3 Å². The van der Waals surface area contributed by atoms with Crippen LogP contribution in [0.1, 0.15) is 59.2 Å². The maximum absolute atomic E-state index is 11.7. The number of benzene rings is 1. The van der Waals surface area contributed by atoms with Crippen LogP contribution in [0, 0.1) is 0 Å². The molecule has 24 heavy (non-hydrogen) atoms. The lowest BCUT2D eigenvalue weighted by molar-refractivity contribution is 0.0584. The van der Waals surface area contributed by atoms with Gasteiger partial charge in [-0.2, -0.15) is 0 Å². The minimum Gasteiger partial charge on any atom is -0.478 e. The van der Waals surface area contributed by atoms with Gasteiger partial charge in [0.25, 0.3) is 0 Å². The van der Waals surface area contributed by atoms with Crippen LogP contribution in [0.25, 0.3) is 10.4 Å². The van der Waals surface area contributed by atoms with Gasteiger partial charge in [-0.1, -0.05) is 68.9 Å². The highest BCUT2D eigenvalue weighted by Gasteiger charge is 2.24. The summed E-state index contributed by atoms with van der Waals surface area (Å²) in [5.74, 6) is -1.76. The van der Waals surface area contributed by atoms with Crippen molar-refractivity contribution in [3.63, 3.8) is 0 Å². The van der Waals surface area contributed by atoms with Crippen LogP contribution in [-0.2, 0) is 4.74 Å². The van der Waals surface area contributed by atoms with Crippen molar-refractivity contribution < 1.29 is 19.4 Å². The highest BCUT2D eigenvalue weighted by molar-refractivity contribution is 7.14. The van der Waals surface area contributed by atoms with E-state index in [2.05, 4.69) is 4.74 Å². The normalized spacial score (nSPS) is 13.5. The molecular formula is C19H22O4S. The fourth-order valence-corrected chi connectivity index (χ4v) is 2.66. The zero-order valence-corrected chi connectivity index (χ0v) is 14.6. The van der Waals surface area contributed by atoms with E-state index in [9.17, 15) is 9.59 Å². The minimum atomic E-state index is -1.13. The first-order valence-corrected chi connectivity index (χ1v) is 9.01. The number of esters is 1. The third kappa shape index (κ3) is 5.81. The highest BCUT2D eigenvalue weighted by Crippen LogP contribution is 2.33. The average molecular weight is 346 g/mol. The molecule has 0 spiro atoms. The molecule has 1 aromatic heterocycles. The molecule has 0 bridgehead atoms. The Morgan fingerprint density at radius 1 is 1.00 bits per heavy atom. The van der Waals surface area contributed by atoms with Gasteiger partial charge in [0.05, 0.1) is 18.2 Å². The van der Waals surface area contributed by atoms with Crippen molar-refractivity contribution in [2.45, 2.75) is 38.5 Å². The van der Waals surface area contributed by atoms with Crippen LogP contribution < -0.4 is 0 Å². The van der Waals surface area contributed by atoms with Gasteiger partial charge in [-0.15, -0.1) is 11.3 Å². The molecule has 2 aromatic rings. The van der Waals surface area contributed by atoms with E-state index < -0.39 is 11.9 Å². The second kappa shape index (κ2) is 9.23. The van der Waals surface area contributed by atoms with Gasteiger partial charge >= 0.3 is 11.9 Å². The highest BCUT2D eigenvalue weighted by atomic mass is 32.1. The molecular weight excluding hydrogens is 324 g/mol. The molecule has 0 radical (unpaired) electrons. The van der Waals surface area contributed by atoms with Crippen molar-refractivity contribution >= 4 is 23.3 Å². The smallest absolute Gasteiger partial charge is 0.340 e. The molecule has 1 aromatic carbocycles. The Kier molecular flexibility index (Phi) is 7.00. The summed E-state index contributed by atoms with van der Waals surface area (Å²) in [5.41, 5.74) is 0.891. The molecule has 128 valence electrons. The van der Waals surface area contributed by atoms with Crippen molar-refractivity contribution in [2.75, 3.05) is 7.11 Å². The number of carbonyl (C=O) groups is 2. The van der Waals surface area contributed by atoms with Gasteiger partial charge in [0.1, 0.15) is 0 Å². The molecule has 0 atom stereocenters. The Labute approximate surface area is 146 Å². The molecule has 1 heterocycles. The van der Waals surface area contributed by atoms with E-state index in [1.54, 1.807) is 0 Å². The van der Waals surface area contributed by atoms with E-state index in [0.29, 0.717) is 4.88 Å². The summed E-state index contributed by atoms with van der Waals surface area (Å²) in [4.78, 5) is 23.4. The molecule has 1 N–H and O–H groups in total. The van der Waals surface area contributed by atoms with Gasteiger partial charge < -0.3 is 9.84 Å². The fourth-order valence-electron chi connectivity index (χ4n) is 1.62. The first-order valence-electron chi connectivity index (χ1n) is 8.13. The number of rotatable bonds is 3. The predicted octanol–water partition coefficient (Wildman–Crippen LogP) is 5.24. The van der Waals surface area contributed by atoms with Crippen LogP contribution in [0.4, 0.5) is 0 Å². The number of carboxylic acid groups (broad SMARTS) is 1. The summed E-state index contributed by atoms with van der Waals surface area (Å²) >= 11 is 1.22. The quantitative estimate of drug-likeness (QED) is 0.772. The van der Waals surface area contributed by atoms with Crippen LogP contribution in [0.3, 0.4) is 0 Å². The summed E-state index contributed by atoms with van der Waals surface area (Å²) in [7, 11) is 1.24. The molecule has 0 aliphatic heterocycles. The Balaban J connectivity index is 0.000000288. The number of carboxylic acids is 1. The summed E-state index contributed by atoms with van der Waals surface area (Å²) in [6.07, 6.45) is 9.00. The SMILES string of the molecule is C1CC1.C1CC1.COC(=O)c1c(C(=O)O)csc1-c1ccccc1. The molecule has 2 aliphatic carbocycles. The van der Waals surface area contributed by atoms with Crippen LogP contribution in [0.5, 0.6) is 0 Å². The van der Waals surface area contributed by atoms with Crippen molar-refractivity contribution in [1.82, 2.24) is 0 Å². The number of carbonyl (C=O) groups excluding carboxylic acids is 1. The minimum absolute atomic E-state index is 0.0225. The Bertz CT molecular complexity index is 660. The summed E-state index contributed by atoms with van der Waals surface area (Å²) in [5, 5.41) is 10.5. The van der Waals surface area contributed by atoms with Crippen molar-refractivity contribution in [1.29, 1.82) is 0 Å². The fraction of sp³-hybridized carbons (Fsp3) is 0.368. The van der Waals surface area contributed by atoms with E-state index >= 15 is 0 Å². The molecule has 4 rings (SSSR count). The van der Waals surface area contributed by atoms with Crippen LogP contribution in [0.15, 0.2) is 35.7 Å². The number of thiophene rings is 1. The third-order valence-electron chi connectivity index (χ3n) is 3.15. The Morgan fingerprint density at radius 3 is 1.96 bits per heavy atom. The van der Waals surface area contributed by atoms with Crippen molar-refractivity contribution in [2.24, 2.45) is 0 Å². The van der Waals surface area contributed by atoms with Crippen molar-refractivity contribution in [3.8, 4) is 10.4 Å².